The van der Waals surface area contributed by atoms with Crippen molar-refractivity contribution in [2.45, 2.75) is 13.3 Å². The highest BCUT2D eigenvalue weighted by molar-refractivity contribution is 6.33. The maximum atomic E-state index is 11.2. The van der Waals surface area contributed by atoms with Crippen molar-refractivity contribution in [3.05, 3.63) is 34.9 Å². The molecule has 0 aliphatic heterocycles. The second-order valence-electron chi connectivity index (χ2n) is 3.28. The second kappa shape index (κ2) is 5.56. The molecule has 0 fully saturated rings. The second-order valence-corrected chi connectivity index (χ2v) is 3.69. The number of rotatable bonds is 3. The lowest BCUT2D eigenvalue weighted by atomic mass is 10.0. The summed E-state index contributed by atoms with van der Waals surface area (Å²) in [5, 5.41) is 0.511. The maximum absolute atomic E-state index is 11.2. The van der Waals surface area contributed by atoms with Crippen LogP contribution in [0.15, 0.2) is 24.3 Å². The molecule has 3 nitrogen and oxygen atoms in total. The number of esters is 1. The minimum atomic E-state index is -0.370. The van der Waals surface area contributed by atoms with Crippen molar-refractivity contribution in [2.24, 2.45) is 0 Å². The number of benzene rings is 1. The van der Waals surface area contributed by atoms with Crippen LogP contribution in [0.2, 0.25) is 5.02 Å². The first-order chi connectivity index (χ1) is 7.58. The van der Waals surface area contributed by atoms with Gasteiger partial charge in [0, 0.05) is 6.08 Å². The highest BCUT2D eigenvalue weighted by atomic mass is 35.5. The monoisotopic (exact) mass is 239 g/mol. The van der Waals surface area contributed by atoms with Crippen molar-refractivity contribution in [1.82, 2.24) is 0 Å². The summed E-state index contributed by atoms with van der Waals surface area (Å²) in [4.78, 5) is 11.2. The Balaban J connectivity index is 3.09. The highest BCUT2D eigenvalue weighted by Gasteiger charge is 2.05. The molecule has 0 bridgehead atoms. The third kappa shape index (κ3) is 3.00. The van der Waals surface area contributed by atoms with Gasteiger partial charge in [-0.1, -0.05) is 24.6 Å². The van der Waals surface area contributed by atoms with Gasteiger partial charge in [-0.25, -0.2) is 4.79 Å². The van der Waals surface area contributed by atoms with Gasteiger partial charge in [-0.3, -0.25) is 0 Å². The molecular weight excluding hydrogens is 226 g/mol. The van der Waals surface area contributed by atoms with Gasteiger partial charge in [-0.15, -0.1) is 0 Å². The van der Waals surface area contributed by atoms with Crippen LogP contribution in [0, 0.1) is 0 Å². The van der Waals surface area contributed by atoms with E-state index in [9.17, 15) is 4.79 Å². The Morgan fingerprint density at radius 3 is 2.75 bits per heavy atom. The van der Waals surface area contributed by atoms with Crippen LogP contribution in [0.3, 0.4) is 0 Å². The highest BCUT2D eigenvalue weighted by Crippen LogP contribution is 2.25. The Labute approximate surface area is 99.8 Å². The molecule has 0 saturated carbocycles. The SMILES string of the molecule is CC/C(=C/C(=O)OC)c1ccc(Cl)c(N)c1. The lowest BCUT2D eigenvalue weighted by molar-refractivity contribution is -0.134. The van der Waals surface area contributed by atoms with Crippen LogP contribution in [0.4, 0.5) is 5.69 Å². The molecular formula is C12H14ClNO2. The first-order valence-electron chi connectivity index (χ1n) is 4.92. The summed E-state index contributed by atoms with van der Waals surface area (Å²) in [5.74, 6) is -0.370. The fourth-order valence-electron chi connectivity index (χ4n) is 1.33. The summed E-state index contributed by atoms with van der Waals surface area (Å²) in [6.07, 6.45) is 2.18. The molecule has 0 atom stereocenters. The molecule has 0 heterocycles. The van der Waals surface area contributed by atoms with Crippen molar-refractivity contribution in [1.29, 1.82) is 0 Å². The van der Waals surface area contributed by atoms with Crippen molar-refractivity contribution in [2.75, 3.05) is 12.8 Å². The quantitative estimate of drug-likeness (QED) is 0.501. The summed E-state index contributed by atoms with van der Waals surface area (Å²) in [5.41, 5.74) is 7.96. The minimum Gasteiger partial charge on any atom is -0.466 e. The van der Waals surface area contributed by atoms with Gasteiger partial charge in [0.1, 0.15) is 0 Å². The molecule has 1 rings (SSSR count). The fourth-order valence-corrected chi connectivity index (χ4v) is 1.45. The number of carbonyl (C=O) groups is 1. The molecule has 0 saturated heterocycles. The summed E-state index contributed by atoms with van der Waals surface area (Å²) in [6.45, 7) is 1.96. The smallest absolute Gasteiger partial charge is 0.330 e. The molecule has 86 valence electrons. The number of carbonyl (C=O) groups excluding carboxylic acids is 1. The number of ether oxygens (including phenoxy) is 1. The summed E-state index contributed by atoms with van der Waals surface area (Å²) < 4.78 is 4.59. The van der Waals surface area contributed by atoms with Gasteiger partial charge < -0.3 is 10.5 Å². The standard InChI is InChI=1S/C12H14ClNO2/c1-3-8(7-12(15)16-2)9-4-5-10(13)11(14)6-9/h4-7H,3,14H2,1-2H3/b8-7-. The van der Waals surface area contributed by atoms with Crippen molar-refractivity contribution in [3.8, 4) is 0 Å². The van der Waals surface area contributed by atoms with Crippen LogP contribution in [0.1, 0.15) is 18.9 Å². The molecule has 0 aliphatic rings. The molecule has 0 radical (unpaired) electrons. The van der Waals surface area contributed by atoms with Crippen LogP contribution in [0.25, 0.3) is 5.57 Å². The normalized spacial score (nSPS) is 11.3. The van der Waals surface area contributed by atoms with Crippen LogP contribution in [0.5, 0.6) is 0 Å². The zero-order chi connectivity index (χ0) is 12.1. The molecule has 4 heteroatoms. The van der Waals surface area contributed by atoms with Crippen LogP contribution in [-0.4, -0.2) is 13.1 Å². The summed E-state index contributed by atoms with van der Waals surface area (Å²) in [6, 6.07) is 5.30. The average Bonchev–Trinajstić information content (AvgIpc) is 2.29. The maximum Gasteiger partial charge on any atom is 0.330 e. The van der Waals surface area contributed by atoms with Gasteiger partial charge in [0.15, 0.2) is 0 Å². The largest absolute Gasteiger partial charge is 0.466 e. The zero-order valence-corrected chi connectivity index (χ0v) is 10.0. The van der Waals surface area contributed by atoms with Gasteiger partial charge in [0.2, 0.25) is 0 Å². The van der Waals surface area contributed by atoms with Gasteiger partial charge in [-0.05, 0) is 29.7 Å². The predicted octanol–water partition coefficient (Wildman–Crippen LogP) is 2.89. The molecule has 0 amide bonds. The Morgan fingerprint density at radius 2 is 2.25 bits per heavy atom. The van der Waals surface area contributed by atoms with E-state index in [2.05, 4.69) is 4.74 Å². The van der Waals surface area contributed by atoms with E-state index in [-0.39, 0.29) is 5.97 Å². The van der Waals surface area contributed by atoms with Crippen LogP contribution < -0.4 is 5.73 Å². The van der Waals surface area contributed by atoms with Crippen LogP contribution in [-0.2, 0) is 9.53 Å². The average molecular weight is 240 g/mol. The molecule has 0 unspecified atom stereocenters. The topological polar surface area (TPSA) is 52.3 Å². The van der Waals surface area contributed by atoms with E-state index >= 15 is 0 Å². The number of nitrogens with two attached hydrogens (primary N) is 1. The molecule has 1 aromatic carbocycles. The van der Waals surface area contributed by atoms with Crippen molar-refractivity contribution in [3.63, 3.8) is 0 Å². The van der Waals surface area contributed by atoms with E-state index in [0.717, 1.165) is 17.6 Å². The Kier molecular flexibility index (Phi) is 4.38. The third-order valence-corrected chi connectivity index (χ3v) is 2.59. The van der Waals surface area contributed by atoms with E-state index in [4.69, 9.17) is 17.3 Å². The van der Waals surface area contributed by atoms with Crippen molar-refractivity contribution >= 4 is 28.8 Å². The first-order valence-corrected chi connectivity index (χ1v) is 5.30. The molecule has 16 heavy (non-hydrogen) atoms. The third-order valence-electron chi connectivity index (χ3n) is 2.24. The molecule has 0 aromatic heterocycles. The van der Waals surface area contributed by atoms with Gasteiger partial charge in [0.25, 0.3) is 0 Å². The first kappa shape index (κ1) is 12.6. The van der Waals surface area contributed by atoms with Gasteiger partial charge >= 0.3 is 5.97 Å². The number of allylic oxidation sites excluding steroid dienone is 1. The van der Waals surface area contributed by atoms with Gasteiger partial charge in [-0.2, -0.15) is 0 Å². The fraction of sp³-hybridized carbons (Fsp3) is 0.250. The summed E-state index contributed by atoms with van der Waals surface area (Å²) in [7, 11) is 1.35. The van der Waals surface area contributed by atoms with E-state index in [1.807, 2.05) is 13.0 Å². The molecule has 2 N–H and O–H groups in total. The molecule has 0 aliphatic carbocycles. The molecule has 0 spiro atoms. The van der Waals surface area contributed by atoms with E-state index in [1.54, 1.807) is 12.1 Å². The lowest BCUT2D eigenvalue weighted by Gasteiger charge is -2.06. The Bertz CT molecular complexity index is 427. The number of hydrogen-bond acceptors (Lipinski definition) is 3. The number of anilines is 1. The Morgan fingerprint density at radius 1 is 1.56 bits per heavy atom. The van der Waals surface area contributed by atoms with Gasteiger partial charge in [0.05, 0.1) is 17.8 Å². The molecule has 1 aromatic rings. The number of methoxy groups -OCH3 is 1. The zero-order valence-electron chi connectivity index (χ0n) is 9.29. The van der Waals surface area contributed by atoms with Crippen LogP contribution >= 0.6 is 11.6 Å². The minimum absolute atomic E-state index is 0.370. The number of hydrogen-bond donors (Lipinski definition) is 1. The van der Waals surface area contributed by atoms with E-state index < -0.39 is 0 Å². The van der Waals surface area contributed by atoms with E-state index in [1.165, 1.54) is 13.2 Å². The Hall–Kier alpha value is -1.48. The number of halogens is 1. The number of nitrogen functional groups attached to an aromatic ring is 1. The van der Waals surface area contributed by atoms with Crippen molar-refractivity contribution < 1.29 is 9.53 Å². The summed E-state index contributed by atoms with van der Waals surface area (Å²) >= 11 is 5.83. The lowest BCUT2D eigenvalue weighted by Crippen LogP contribution is -1.97. The van der Waals surface area contributed by atoms with E-state index in [0.29, 0.717) is 10.7 Å². The predicted molar refractivity (Wildman–Crippen MR) is 66.1 cm³/mol.